The summed E-state index contributed by atoms with van der Waals surface area (Å²) in [5.74, 6) is 2.23. The van der Waals surface area contributed by atoms with E-state index in [2.05, 4.69) is 22.2 Å². The highest BCUT2D eigenvalue weighted by Gasteiger charge is 2.24. The van der Waals surface area contributed by atoms with Crippen LogP contribution >= 0.6 is 0 Å². The number of aryl methyl sites for hydroxylation is 2. The third-order valence-corrected chi connectivity index (χ3v) is 4.42. The molecule has 1 aromatic rings. The average Bonchev–Trinajstić information content (AvgIpc) is 2.70. The second kappa shape index (κ2) is 5.87. The van der Waals surface area contributed by atoms with Crippen molar-refractivity contribution in [3.05, 3.63) is 27.4 Å². The quantitative estimate of drug-likeness (QED) is 0.877. The molecule has 0 spiro atoms. The lowest BCUT2D eigenvalue weighted by Crippen LogP contribution is -2.31. The second-order valence-electron chi connectivity index (χ2n) is 5.95. The van der Waals surface area contributed by atoms with E-state index in [0.717, 1.165) is 29.6 Å². The molecule has 1 aliphatic carbocycles. The summed E-state index contributed by atoms with van der Waals surface area (Å²) in [5, 5.41) is 3.51. The van der Waals surface area contributed by atoms with Gasteiger partial charge >= 0.3 is 0 Å². The van der Waals surface area contributed by atoms with E-state index in [4.69, 9.17) is 0 Å². The van der Waals surface area contributed by atoms with Gasteiger partial charge in [0.15, 0.2) is 0 Å². The summed E-state index contributed by atoms with van der Waals surface area (Å²) < 4.78 is 0. The predicted octanol–water partition coefficient (Wildman–Crippen LogP) is 2.47. The first-order valence-corrected chi connectivity index (χ1v) is 7.30. The molecule has 19 heavy (non-hydrogen) atoms. The third kappa shape index (κ3) is 3.24. The summed E-state index contributed by atoms with van der Waals surface area (Å²) in [6, 6.07) is 0.0599. The Labute approximate surface area is 115 Å². The fraction of sp³-hybridized carbons (Fsp3) is 0.733. The van der Waals surface area contributed by atoms with Crippen molar-refractivity contribution in [2.45, 2.75) is 53.0 Å². The molecule has 4 nitrogen and oxygen atoms in total. The molecule has 0 radical (unpaired) electrons. The lowest BCUT2D eigenvalue weighted by Gasteiger charge is -2.20. The van der Waals surface area contributed by atoms with Crippen LogP contribution in [0.4, 0.5) is 0 Å². The number of aromatic amines is 1. The number of nitrogens with zero attached hydrogens (tertiary/aromatic N) is 1. The standard InChI is InChI=1S/C15H25N3O/c1-9-6-5-7-13(9)8-16-10(2)14-11(3)17-12(4)18-15(14)19/h9-10,13,16H,5-8H2,1-4H3,(H,17,18,19). The summed E-state index contributed by atoms with van der Waals surface area (Å²) in [4.78, 5) is 19.2. The van der Waals surface area contributed by atoms with Crippen molar-refractivity contribution < 1.29 is 0 Å². The van der Waals surface area contributed by atoms with Crippen molar-refractivity contribution in [3.8, 4) is 0 Å². The number of aromatic nitrogens is 2. The smallest absolute Gasteiger partial charge is 0.255 e. The normalized spacial score (nSPS) is 24.6. The van der Waals surface area contributed by atoms with E-state index < -0.39 is 0 Å². The molecule has 106 valence electrons. The molecule has 0 amide bonds. The van der Waals surface area contributed by atoms with Gasteiger partial charge in [-0.1, -0.05) is 19.8 Å². The molecule has 0 bridgehead atoms. The maximum atomic E-state index is 12.0. The minimum Gasteiger partial charge on any atom is -0.310 e. The van der Waals surface area contributed by atoms with Crippen LogP contribution in [0.1, 0.15) is 56.2 Å². The zero-order valence-electron chi connectivity index (χ0n) is 12.4. The minimum atomic E-state index is -0.00975. The van der Waals surface area contributed by atoms with Crippen LogP contribution in [0.15, 0.2) is 4.79 Å². The molecule has 0 aliphatic heterocycles. The molecule has 1 heterocycles. The first-order chi connectivity index (χ1) is 8.99. The Morgan fingerprint density at radius 3 is 2.74 bits per heavy atom. The Hall–Kier alpha value is -1.16. The van der Waals surface area contributed by atoms with E-state index in [9.17, 15) is 4.79 Å². The minimum absolute atomic E-state index is 0.00975. The maximum Gasteiger partial charge on any atom is 0.255 e. The van der Waals surface area contributed by atoms with Gasteiger partial charge < -0.3 is 10.3 Å². The molecule has 3 atom stereocenters. The molecule has 1 fully saturated rings. The second-order valence-corrected chi connectivity index (χ2v) is 5.95. The van der Waals surface area contributed by atoms with Gasteiger partial charge in [0.25, 0.3) is 5.56 Å². The Bertz CT molecular complexity index is 495. The maximum absolute atomic E-state index is 12.0. The van der Waals surface area contributed by atoms with Crippen LogP contribution in [0.3, 0.4) is 0 Å². The summed E-state index contributed by atoms with van der Waals surface area (Å²) in [5.41, 5.74) is 1.60. The Balaban J connectivity index is 2.04. The molecule has 1 aliphatic rings. The molecule has 1 aromatic heterocycles. The van der Waals surface area contributed by atoms with E-state index in [1.807, 2.05) is 20.8 Å². The number of nitrogens with one attached hydrogen (secondary N) is 2. The van der Waals surface area contributed by atoms with Gasteiger partial charge in [0.2, 0.25) is 0 Å². The summed E-state index contributed by atoms with van der Waals surface area (Å²) in [7, 11) is 0. The first kappa shape index (κ1) is 14.3. The van der Waals surface area contributed by atoms with E-state index >= 15 is 0 Å². The Kier molecular flexibility index (Phi) is 4.40. The summed E-state index contributed by atoms with van der Waals surface area (Å²) >= 11 is 0. The number of hydrogen-bond donors (Lipinski definition) is 2. The van der Waals surface area contributed by atoms with Crippen molar-refractivity contribution in [1.29, 1.82) is 0 Å². The van der Waals surface area contributed by atoms with Crippen molar-refractivity contribution in [3.63, 3.8) is 0 Å². The van der Waals surface area contributed by atoms with Crippen LogP contribution in [-0.2, 0) is 0 Å². The van der Waals surface area contributed by atoms with Gasteiger partial charge in [-0.3, -0.25) is 4.79 Å². The Morgan fingerprint density at radius 2 is 2.16 bits per heavy atom. The average molecular weight is 263 g/mol. The highest BCUT2D eigenvalue weighted by molar-refractivity contribution is 5.19. The fourth-order valence-electron chi connectivity index (χ4n) is 3.20. The van der Waals surface area contributed by atoms with Crippen LogP contribution in [0.2, 0.25) is 0 Å². The highest BCUT2D eigenvalue weighted by atomic mass is 16.1. The topological polar surface area (TPSA) is 57.8 Å². The predicted molar refractivity (Wildman–Crippen MR) is 77.3 cm³/mol. The van der Waals surface area contributed by atoms with Gasteiger partial charge in [-0.05, 0) is 45.6 Å². The van der Waals surface area contributed by atoms with Crippen molar-refractivity contribution in [2.24, 2.45) is 11.8 Å². The highest BCUT2D eigenvalue weighted by Crippen LogP contribution is 2.30. The van der Waals surface area contributed by atoms with Gasteiger partial charge in [0, 0.05) is 11.7 Å². The zero-order valence-corrected chi connectivity index (χ0v) is 12.4. The summed E-state index contributed by atoms with van der Waals surface area (Å²) in [6.45, 7) is 9.10. The SMILES string of the molecule is Cc1nc(C)c(C(C)NCC2CCCC2C)c(=O)[nH]1. The van der Waals surface area contributed by atoms with Gasteiger partial charge in [0.05, 0.1) is 5.56 Å². The molecule has 4 heteroatoms. The Morgan fingerprint density at radius 1 is 1.42 bits per heavy atom. The first-order valence-electron chi connectivity index (χ1n) is 7.30. The van der Waals surface area contributed by atoms with Crippen LogP contribution in [0, 0.1) is 25.7 Å². The third-order valence-electron chi connectivity index (χ3n) is 4.42. The molecule has 1 saturated carbocycles. The van der Waals surface area contributed by atoms with Crippen molar-refractivity contribution in [1.82, 2.24) is 15.3 Å². The number of H-pyrrole nitrogens is 1. The van der Waals surface area contributed by atoms with E-state index in [1.165, 1.54) is 19.3 Å². The molecule has 0 saturated heterocycles. The van der Waals surface area contributed by atoms with Crippen LogP contribution in [-0.4, -0.2) is 16.5 Å². The lowest BCUT2D eigenvalue weighted by molar-refractivity contribution is 0.373. The number of hydrogen-bond acceptors (Lipinski definition) is 3. The van der Waals surface area contributed by atoms with Gasteiger partial charge in [-0.25, -0.2) is 4.98 Å². The molecular weight excluding hydrogens is 238 g/mol. The van der Waals surface area contributed by atoms with Crippen LogP contribution < -0.4 is 10.9 Å². The van der Waals surface area contributed by atoms with Gasteiger partial charge in [-0.2, -0.15) is 0 Å². The molecular formula is C15H25N3O. The van der Waals surface area contributed by atoms with Crippen LogP contribution in [0.5, 0.6) is 0 Å². The zero-order chi connectivity index (χ0) is 14.0. The van der Waals surface area contributed by atoms with E-state index in [0.29, 0.717) is 5.82 Å². The van der Waals surface area contributed by atoms with E-state index in [-0.39, 0.29) is 11.6 Å². The molecule has 3 unspecified atom stereocenters. The lowest BCUT2D eigenvalue weighted by atomic mass is 9.97. The van der Waals surface area contributed by atoms with Gasteiger partial charge in [0.1, 0.15) is 5.82 Å². The fourth-order valence-corrected chi connectivity index (χ4v) is 3.20. The van der Waals surface area contributed by atoms with Gasteiger partial charge in [-0.15, -0.1) is 0 Å². The van der Waals surface area contributed by atoms with Crippen molar-refractivity contribution >= 4 is 0 Å². The van der Waals surface area contributed by atoms with Crippen molar-refractivity contribution in [2.75, 3.05) is 6.54 Å². The monoisotopic (exact) mass is 263 g/mol. The van der Waals surface area contributed by atoms with Crippen LogP contribution in [0.25, 0.3) is 0 Å². The molecule has 0 aromatic carbocycles. The number of rotatable bonds is 4. The summed E-state index contributed by atoms with van der Waals surface area (Å²) in [6.07, 6.45) is 3.99. The largest absolute Gasteiger partial charge is 0.310 e. The molecule has 2 rings (SSSR count). The van der Waals surface area contributed by atoms with E-state index in [1.54, 1.807) is 0 Å². The molecule has 2 N–H and O–H groups in total.